The van der Waals surface area contributed by atoms with Gasteiger partial charge in [0.25, 0.3) is 0 Å². The van der Waals surface area contributed by atoms with Gasteiger partial charge in [-0.25, -0.2) is 0 Å². The molecule has 0 aromatic heterocycles. The first-order valence-electron chi connectivity index (χ1n) is 7.28. The molecule has 100 valence electrons. The van der Waals surface area contributed by atoms with Crippen molar-refractivity contribution in [3.8, 4) is 11.5 Å². The van der Waals surface area contributed by atoms with Gasteiger partial charge in [-0.3, -0.25) is 0 Å². The van der Waals surface area contributed by atoms with E-state index in [0.717, 1.165) is 24.2 Å². The highest BCUT2D eigenvalue weighted by atomic mass is 16.5. The molecule has 0 radical (unpaired) electrons. The molecule has 0 spiro atoms. The van der Waals surface area contributed by atoms with Crippen molar-refractivity contribution in [2.75, 3.05) is 0 Å². The predicted octanol–water partition coefficient (Wildman–Crippen LogP) is 4.45. The van der Waals surface area contributed by atoms with Gasteiger partial charge in [0.15, 0.2) is 0 Å². The molecule has 2 nitrogen and oxygen atoms in total. The van der Waals surface area contributed by atoms with Gasteiger partial charge in [0, 0.05) is 12.0 Å². The van der Waals surface area contributed by atoms with Crippen molar-refractivity contribution in [1.29, 1.82) is 0 Å². The van der Waals surface area contributed by atoms with Gasteiger partial charge in [-0.05, 0) is 31.0 Å². The molecule has 1 unspecified atom stereocenters. The SMILES string of the molecule is CCCCCCCCC1Cc2cc(O)ccc2O1. The van der Waals surface area contributed by atoms with Crippen LogP contribution in [-0.2, 0) is 6.42 Å². The molecule has 1 N–H and O–H groups in total. The van der Waals surface area contributed by atoms with Crippen LogP contribution in [0.25, 0.3) is 0 Å². The highest BCUT2D eigenvalue weighted by molar-refractivity contribution is 5.42. The monoisotopic (exact) mass is 248 g/mol. The lowest BCUT2D eigenvalue weighted by Gasteiger charge is -2.10. The molecule has 0 bridgehead atoms. The van der Waals surface area contributed by atoms with Crippen LogP contribution in [0.3, 0.4) is 0 Å². The molecule has 1 heterocycles. The van der Waals surface area contributed by atoms with Crippen LogP contribution in [0.4, 0.5) is 0 Å². The number of unbranched alkanes of at least 4 members (excludes halogenated alkanes) is 5. The second kappa shape index (κ2) is 6.67. The highest BCUT2D eigenvalue weighted by Crippen LogP contribution is 2.33. The van der Waals surface area contributed by atoms with Gasteiger partial charge < -0.3 is 9.84 Å². The fourth-order valence-corrected chi connectivity index (χ4v) is 2.62. The van der Waals surface area contributed by atoms with Gasteiger partial charge in [0.05, 0.1) is 0 Å². The number of hydrogen-bond donors (Lipinski definition) is 1. The normalized spacial score (nSPS) is 17.5. The lowest BCUT2D eigenvalue weighted by atomic mass is 10.0. The molecule has 1 aromatic carbocycles. The molecule has 0 saturated heterocycles. The maximum atomic E-state index is 9.42. The molecule has 0 aliphatic carbocycles. The molecule has 1 aliphatic rings. The first-order valence-corrected chi connectivity index (χ1v) is 7.28. The summed E-state index contributed by atoms with van der Waals surface area (Å²) in [5.74, 6) is 1.31. The Morgan fingerprint density at radius 3 is 2.78 bits per heavy atom. The molecular formula is C16H24O2. The number of aromatic hydroxyl groups is 1. The van der Waals surface area contributed by atoms with Crippen molar-refractivity contribution in [3.63, 3.8) is 0 Å². The Labute approximate surface area is 110 Å². The topological polar surface area (TPSA) is 29.5 Å². The van der Waals surface area contributed by atoms with Gasteiger partial charge >= 0.3 is 0 Å². The first-order chi connectivity index (χ1) is 8.79. The number of rotatable bonds is 7. The highest BCUT2D eigenvalue weighted by Gasteiger charge is 2.22. The van der Waals surface area contributed by atoms with E-state index in [1.807, 2.05) is 12.1 Å². The van der Waals surface area contributed by atoms with Crippen LogP contribution in [0, 0.1) is 0 Å². The molecule has 1 aromatic rings. The van der Waals surface area contributed by atoms with E-state index in [9.17, 15) is 5.11 Å². The molecule has 0 fully saturated rings. The second-order valence-electron chi connectivity index (χ2n) is 5.29. The van der Waals surface area contributed by atoms with Gasteiger partial charge in [-0.15, -0.1) is 0 Å². The van der Waals surface area contributed by atoms with Crippen LogP contribution in [0.2, 0.25) is 0 Å². The Morgan fingerprint density at radius 2 is 1.94 bits per heavy atom. The summed E-state index contributed by atoms with van der Waals surface area (Å²) < 4.78 is 5.88. The third-order valence-electron chi connectivity index (χ3n) is 3.66. The summed E-state index contributed by atoms with van der Waals surface area (Å²) in [4.78, 5) is 0. The predicted molar refractivity (Wildman–Crippen MR) is 74.2 cm³/mol. The van der Waals surface area contributed by atoms with Crippen molar-refractivity contribution >= 4 is 0 Å². The van der Waals surface area contributed by atoms with E-state index >= 15 is 0 Å². The quantitative estimate of drug-likeness (QED) is 0.722. The average Bonchev–Trinajstić information content (AvgIpc) is 2.75. The van der Waals surface area contributed by atoms with E-state index < -0.39 is 0 Å². The van der Waals surface area contributed by atoms with Gasteiger partial charge in [0.1, 0.15) is 17.6 Å². The third kappa shape index (κ3) is 3.66. The lowest BCUT2D eigenvalue weighted by molar-refractivity contribution is 0.216. The summed E-state index contributed by atoms with van der Waals surface area (Å²) in [6.07, 6.45) is 10.4. The van der Waals surface area contributed by atoms with Crippen molar-refractivity contribution in [1.82, 2.24) is 0 Å². The van der Waals surface area contributed by atoms with E-state index in [2.05, 4.69) is 6.92 Å². The number of fused-ring (bicyclic) bond motifs is 1. The molecule has 0 amide bonds. The van der Waals surface area contributed by atoms with E-state index in [-0.39, 0.29) is 0 Å². The van der Waals surface area contributed by atoms with Crippen LogP contribution in [-0.4, -0.2) is 11.2 Å². The Morgan fingerprint density at radius 1 is 1.17 bits per heavy atom. The van der Waals surface area contributed by atoms with Crippen molar-refractivity contribution in [2.24, 2.45) is 0 Å². The fraction of sp³-hybridized carbons (Fsp3) is 0.625. The van der Waals surface area contributed by atoms with E-state index in [1.54, 1.807) is 6.07 Å². The van der Waals surface area contributed by atoms with Crippen molar-refractivity contribution < 1.29 is 9.84 Å². The van der Waals surface area contributed by atoms with Crippen LogP contribution >= 0.6 is 0 Å². The van der Waals surface area contributed by atoms with Gasteiger partial charge in [-0.2, -0.15) is 0 Å². The largest absolute Gasteiger partial charge is 0.508 e. The molecule has 2 heteroatoms. The Balaban J connectivity index is 1.65. The molecule has 2 rings (SSSR count). The minimum absolute atomic E-state index is 0.327. The zero-order valence-electron chi connectivity index (χ0n) is 11.3. The number of benzene rings is 1. The zero-order valence-corrected chi connectivity index (χ0v) is 11.3. The van der Waals surface area contributed by atoms with Gasteiger partial charge in [-0.1, -0.05) is 39.0 Å². The van der Waals surface area contributed by atoms with Crippen molar-refractivity contribution in [3.05, 3.63) is 23.8 Å². The summed E-state index contributed by atoms with van der Waals surface area (Å²) in [7, 11) is 0. The van der Waals surface area contributed by atoms with Crippen LogP contribution in [0.1, 0.15) is 57.4 Å². The van der Waals surface area contributed by atoms with E-state index in [4.69, 9.17) is 4.74 Å². The van der Waals surface area contributed by atoms with E-state index in [1.165, 1.54) is 38.5 Å². The number of phenolic OH excluding ortho intramolecular Hbond substituents is 1. The molecule has 18 heavy (non-hydrogen) atoms. The van der Waals surface area contributed by atoms with Crippen LogP contribution in [0.15, 0.2) is 18.2 Å². The molecule has 1 aliphatic heterocycles. The second-order valence-corrected chi connectivity index (χ2v) is 5.29. The minimum Gasteiger partial charge on any atom is -0.508 e. The summed E-state index contributed by atoms with van der Waals surface area (Å²) in [5.41, 5.74) is 1.16. The molecule has 1 atom stereocenters. The Hall–Kier alpha value is -1.18. The summed E-state index contributed by atoms with van der Waals surface area (Å²) in [5, 5.41) is 9.42. The average molecular weight is 248 g/mol. The number of hydrogen-bond acceptors (Lipinski definition) is 2. The summed E-state index contributed by atoms with van der Waals surface area (Å²) in [6, 6.07) is 5.41. The van der Waals surface area contributed by atoms with Gasteiger partial charge in [0.2, 0.25) is 0 Å². The zero-order chi connectivity index (χ0) is 12.8. The smallest absolute Gasteiger partial charge is 0.123 e. The summed E-state index contributed by atoms with van der Waals surface area (Å²) >= 11 is 0. The maximum Gasteiger partial charge on any atom is 0.123 e. The first kappa shape index (κ1) is 13.3. The van der Waals surface area contributed by atoms with Crippen LogP contribution in [0.5, 0.6) is 11.5 Å². The van der Waals surface area contributed by atoms with E-state index in [0.29, 0.717) is 11.9 Å². The third-order valence-corrected chi connectivity index (χ3v) is 3.66. The summed E-state index contributed by atoms with van der Waals surface area (Å²) in [6.45, 7) is 2.25. The molecular weight excluding hydrogens is 224 g/mol. The fourth-order valence-electron chi connectivity index (χ4n) is 2.62. The number of ether oxygens (including phenoxy) is 1. The Bertz CT molecular complexity index is 373. The minimum atomic E-state index is 0.327. The number of phenols is 1. The van der Waals surface area contributed by atoms with Crippen molar-refractivity contribution in [2.45, 2.75) is 64.4 Å². The lowest BCUT2D eigenvalue weighted by Crippen LogP contribution is -2.12. The van der Waals surface area contributed by atoms with Crippen LogP contribution < -0.4 is 4.74 Å². The standard InChI is InChI=1S/C16H24O2/c1-2-3-4-5-6-7-8-15-12-13-11-14(17)9-10-16(13)18-15/h9-11,15,17H,2-8,12H2,1H3. The Kier molecular flexibility index (Phi) is 4.91. The maximum absolute atomic E-state index is 9.42. The molecule has 0 saturated carbocycles.